The number of halogens is 1. The third-order valence-electron chi connectivity index (χ3n) is 5.37. The van der Waals surface area contributed by atoms with Crippen molar-refractivity contribution >= 4 is 17.7 Å². The number of hydrogen-bond acceptors (Lipinski definition) is 4. The Morgan fingerprint density at radius 2 is 1.75 bits per heavy atom. The minimum absolute atomic E-state index is 0.138. The molecule has 0 aliphatic rings. The van der Waals surface area contributed by atoms with Crippen LogP contribution in [0.5, 0.6) is 0 Å². The van der Waals surface area contributed by atoms with Gasteiger partial charge in [-0.15, -0.1) is 0 Å². The van der Waals surface area contributed by atoms with Gasteiger partial charge in [0.1, 0.15) is 5.82 Å². The van der Waals surface area contributed by atoms with E-state index in [-0.39, 0.29) is 18.4 Å². The van der Waals surface area contributed by atoms with Gasteiger partial charge in [0.25, 0.3) is 0 Å². The maximum Gasteiger partial charge on any atom is 0.339 e. The van der Waals surface area contributed by atoms with Crippen LogP contribution in [-0.2, 0) is 11.3 Å². The first kappa shape index (κ1) is 25.3. The Balaban J connectivity index is 2.27. The summed E-state index contributed by atoms with van der Waals surface area (Å²) in [6.07, 6.45) is 5.47. The molecule has 0 bridgehead atoms. The van der Waals surface area contributed by atoms with Crippen molar-refractivity contribution in [3.63, 3.8) is 0 Å². The van der Waals surface area contributed by atoms with E-state index in [1.807, 2.05) is 11.8 Å². The van der Waals surface area contributed by atoms with Crippen LogP contribution in [0.25, 0.3) is 0 Å². The molecule has 0 spiro atoms. The summed E-state index contributed by atoms with van der Waals surface area (Å²) in [7, 11) is 1.31. The van der Waals surface area contributed by atoms with E-state index in [9.17, 15) is 14.0 Å². The van der Waals surface area contributed by atoms with Crippen LogP contribution in [0.1, 0.15) is 62.5 Å². The van der Waals surface area contributed by atoms with Crippen molar-refractivity contribution in [2.75, 3.05) is 25.1 Å². The van der Waals surface area contributed by atoms with Gasteiger partial charge in [0.05, 0.1) is 24.9 Å². The molecule has 2 amide bonds. The lowest BCUT2D eigenvalue weighted by Gasteiger charge is -2.31. The Morgan fingerprint density at radius 1 is 1.03 bits per heavy atom. The maximum absolute atomic E-state index is 13.6. The smallest absolute Gasteiger partial charge is 0.339 e. The van der Waals surface area contributed by atoms with Crippen LogP contribution in [0.2, 0.25) is 0 Å². The van der Waals surface area contributed by atoms with E-state index in [1.54, 1.807) is 29.2 Å². The van der Waals surface area contributed by atoms with Crippen LogP contribution in [0.3, 0.4) is 0 Å². The number of pyridine rings is 1. The fraction of sp³-hybridized carbons (Fsp3) is 0.480. The summed E-state index contributed by atoms with van der Waals surface area (Å²) in [5.41, 5.74) is 1.55. The molecule has 1 atom stereocenters. The van der Waals surface area contributed by atoms with Gasteiger partial charge in [-0.25, -0.2) is 14.0 Å². The topological polar surface area (TPSA) is 62.7 Å². The number of ether oxygens (including phenoxy) is 1. The molecule has 0 aliphatic heterocycles. The van der Waals surface area contributed by atoms with Crippen LogP contribution >= 0.6 is 0 Å². The van der Waals surface area contributed by atoms with Gasteiger partial charge in [0.15, 0.2) is 0 Å². The lowest BCUT2D eigenvalue weighted by atomic mass is 10.0. The third-order valence-corrected chi connectivity index (χ3v) is 5.37. The number of amides is 2. The minimum atomic E-state index is -0.467. The first-order chi connectivity index (χ1) is 15.4. The van der Waals surface area contributed by atoms with Crippen LogP contribution in [-0.4, -0.2) is 42.1 Å². The number of aromatic nitrogens is 1. The van der Waals surface area contributed by atoms with Crippen LogP contribution in [0.15, 0.2) is 42.6 Å². The average Bonchev–Trinajstić information content (AvgIpc) is 2.80. The number of hydrogen-bond donors (Lipinski definition) is 0. The lowest BCUT2D eigenvalue weighted by Crippen LogP contribution is -2.44. The summed E-state index contributed by atoms with van der Waals surface area (Å²) in [6.45, 7) is 7.94. The largest absolute Gasteiger partial charge is 0.465 e. The molecule has 7 heteroatoms. The van der Waals surface area contributed by atoms with E-state index < -0.39 is 5.97 Å². The summed E-state index contributed by atoms with van der Waals surface area (Å²) in [6, 6.07) is 9.07. The number of methoxy groups -OCH3 is 1. The number of anilines is 1. The molecule has 2 aromatic rings. The third kappa shape index (κ3) is 7.32. The molecule has 1 aromatic carbocycles. The number of carbonyl (C=O) groups excluding carboxylic acids is 2. The SMILES string of the molecule is CCCC(C)CCN(CCC)C(=O)N(Cc1ccc(C(=O)OC)cn1)c1ccc(F)cc1. The van der Waals surface area contributed by atoms with Crippen LogP contribution in [0.4, 0.5) is 14.9 Å². The quantitative estimate of drug-likeness (QED) is 0.420. The highest BCUT2D eigenvalue weighted by atomic mass is 19.1. The molecular weight excluding hydrogens is 409 g/mol. The van der Waals surface area contributed by atoms with Gasteiger partial charge in [0, 0.05) is 25.0 Å². The average molecular weight is 444 g/mol. The molecule has 0 aliphatic carbocycles. The summed E-state index contributed by atoms with van der Waals surface area (Å²) < 4.78 is 18.2. The van der Waals surface area contributed by atoms with Crippen molar-refractivity contribution in [1.29, 1.82) is 0 Å². The number of esters is 1. The second-order valence-electron chi connectivity index (χ2n) is 8.04. The molecular formula is C25H34FN3O3. The second kappa shape index (κ2) is 12.8. The Labute approximate surface area is 190 Å². The highest BCUT2D eigenvalue weighted by Gasteiger charge is 2.23. The van der Waals surface area contributed by atoms with Crippen molar-refractivity contribution in [3.8, 4) is 0 Å². The number of carbonyl (C=O) groups is 2. The molecule has 2 rings (SSSR count). The molecule has 0 saturated heterocycles. The van der Waals surface area contributed by atoms with Gasteiger partial charge < -0.3 is 9.64 Å². The van der Waals surface area contributed by atoms with E-state index in [2.05, 4.69) is 18.8 Å². The van der Waals surface area contributed by atoms with E-state index in [4.69, 9.17) is 4.74 Å². The fourth-order valence-corrected chi connectivity index (χ4v) is 3.57. The van der Waals surface area contributed by atoms with Crippen molar-refractivity contribution in [2.24, 2.45) is 5.92 Å². The van der Waals surface area contributed by atoms with E-state index >= 15 is 0 Å². The molecule has 174 valence electrons. The highest BCUT2D eigenvalue weighted by molar-refractivity contribution is 5.92. The molecule has 0 radical (unpaired) electrons. The molecule has 32 heavy (non-hydrogen) atoms. The van der Waals surface area contributed by atoms with Gasteiger partial charge in [-0.2, -0.15) is 0 Å². The molecule has 1 unspecified atom stereocenters. The summed E-state index contributed by atoms with van der Waals surface area (Å²) in [5, 5.41) is 0. The van der Waals surface area contributed by atoms with Gasteiger partial charge in [0.2, 0.25) is 0 Å². The van der Waals surface area contributed by atoms with E-state index in [0.29, 0.717) is 36.0 Å². The summed E-state index contributed by atoms with van der Waals surface area (Å²) in [5.74, 6) is -0.287. The predicted molar refractivity (Wildman–Crippen MR) is 124 cm³/mol. The Morgan fingerprint density at radius 3 is 2.31 bits per heavy atom. The molecule has 6 nitrogen and oxygen atoms in total. The number of rotatable bonds is 11. The first-order valence-electron chi connectivity index (χ1n) is 11.2. The molecule has 0 fully saturated rings. The van der Waals surface area contributed by atoms with Gasteiger partial charge in [-0.1, -0.05) is 33.6 Å². The minimum Gasteiger partial charge on any atom is -0.465 e. The first-order valence-corrected chi connectivity index (χ1v) is 11.2. The molecule has 0 saturated carbocycles. The van der Waals surface area contributed by atoms with Gasteiger partial charge in [-0.05, 0) is 55.2 Å². The highest BCUT2D eigenvalue weighted by Crippen LogP contribution is 2.21. The van der Waals surface area contributed by atoms with Crippen molar-refractivity contribution in [3.05, 3.63) is 59.7 Å². The molecule has 1 aromatic heterocycles. The Hall–Kier alpha value is -2.96. The lowest BCUT2D eigenvalue weighted by molar-refractivity contribution is 0.0600. The predicted octanol–water partition coefficient (Wildman–Crippen LogP) is 5.67. The zero-order valence-electron chi connectivity index (χ0n) is 19.5. The maximum atomic E-state index is 13.6. The Kier molecular flexibility index (Phi) is 10.1. The van der Waals surface area contributed by atoms with Crippen molar-refractivity contribution in [2.45, 2.75) is 53.0 Å². The standard InChI is InChI=1S/C25H34FN3O3/c1-5-7-19(3)14-16-28(15-6-2)25(31)29(23-12-9-21(26)10-13-23)18-22-11-8-20(17-27-22)24(30)32-4/h8-13,17,19H,5-7,14-16,18H2,1-4H3. The normalized spacial score (nSPS) is 11.7. The number of urea groups is 1. The van der Waals surface area contributed by atoms with E-state index in [1.165, 1.54) is 25.4 Å². The summed E-state index contributed by atoms with van der Waals surface area (Å²) >= 11 is 0. The van der Waals surface area contributed by atoms with Gasteiger partial charge >= 0.3 is 12.0 Å². The van der Waals surface area contributed by atoms with Crippen LogP contribution in [0, 0.1) is 11.7 Å². The second-order valence-corrected chi connectivity index (χ2v) is 8.04. The van der Waals surface area contributed by atoms with Crippen LogP contribution < -0.4 is 4.90 Å². The van der Waals surface area contributed by atoms with Crippen molar-refractivity contribution in [1.82, 2.24) is 9.88 Å². The monoisotopic (exact) mass is 443 g/mol. The number of nitrogens with zero attached hydrogens (tertiary/aromatic N) is 3. The zero-order chi connectivity index (χ0) is 23.5. The molecule has 0 N–H and O–H groups in total. The Bertz CT molecular complexity index is 856. The molecule has 1 heterocycles. The van der Waals surface area contributed by atoms with E-state index in [0.717, 1.165) is 25.7 Å². The van der Waals surface area contributed by atoms with Gasteiger partial charge in [-0.3, -0.25) is 9.88 Å². The number of benzene rings is 1. The fourth-order valence-electron chi connectivity index (χ4n) is 3.57. The van der Waals surface area contributed by atoms with Crippen molar-refractivity contribution < 1.29 is 18.7 Å². The summed E-state index contributed by atoms with van der Waals surface area (Å²) in [4.78, 5) is 33.0. The zero-order valence-corrected chi connectivity index (χ0v) is 19.5.